The molecule has 0 saturated heterocycles. The van der Waals surface area contributed by atoms with Crippen LogP contribution in [0.2, 0.25) is 5.02 Å². The molecule has 0 atom stereocenters. The average molecular weight is 349 g/mol. The standard InChI is InChI=1S/C20H13ClN2O2/c21-15-10-16(20(24)25)18-17(11-15)22-19(23-18)14-8-6-13(7-9-14)12-4-2-1-3-5-12/h1-11H,(H,22,23)(H,24,25). The zero-order chi connectivity index (χ0) is 17.4. The first kappa shape index (κ1) is 15.4. The van der Waals surface area contributed by atoms with Gasteiger partial charge in [-0.15, -0.1) is 0 Å². The monoisotopic (exact) mass is 348 g/mol. The molecule has 4 nitrogen and oxygen atoms in total. The molecule has 0 unspecified atom stereocenters. The number of fused-ring (bicyclic) bond motifs is 1. The minimum absolute atomic E-state index is 0.0888. The number of hydrogen-bond donors (Lipinski definition) is 2. The Morgan fingerprint density at radius 1 is 0.920 bits per heavy atom. The Labute approximate surface area is 148 Å². The summed E-state index contributed by atoms with van der Waals surface area (Å²) in [4.78, 5) is 19.0. The number of H-pyrrole nitrogens is 1. The Bertz CT molecular complexity index is 1070. The fourth-order valence-corrected chi connectivity index (χ4v) is 3.05. The first-order valence-electron chi connectivity index (χ1n) is 7.70. The maximum Gasteiger partial charge on any atom is 0.338 e. The molecule has 0 saturated carbocycles. The van der Waals surface area contributed by atoms with Crippen LogP contribution in [0, 0.1) is 0 Å². The fourth-order valence-electron chi connectivity index (χ4n) is 2.83. The van der Waals surface area contributed by atoms with Gasteiger partial charge in [-0.05, 0) is 23.3 Å². The number of benzene rings is 3. The number of nitrogens with one attached hydrogen (secondary N) is 1. The lowest BCUT2D eigenvalue weighted by molar-refractivity contribution is 0.0699. The minimum atomic E-state index is -1.05. The molecule has 0 spiro atoms. The van der Waals surface area contributed by atoms with Crippen LogP contribution >= 0.6 is 11.6 Å². The Morgan fingerprint density at radius 2 is 1.56 bits per heavy atom. The van der Waals surface area contributed by atoms with Gasteiger partial charge in [-0.1, -0.05) is 66.2 Å². The SMILES string of the molecule is O=C(O)c1cc(Cl)cc2[nH]c(-c3ccc(-c4ccccc4)cc3)nc12. The molecule has 0 amide bonds. The molecule has 0 aliphatic carbocycles. The van der Waals surface area contributed by atoms with Crippen molar-refractivity contribution in [1.29, 1.82) is 0 Å². The Morgan fingerprint density at radius 3 is 2.24 bits per heavy atom. The first-order chi connectivity index (χ1) is 12.1. The second-order valence-corrected chi connectivity index (χ2v) is 6.12. The van der Waals surface area contributed by atoms with E-state index in [4.69, 9.17) is 11.6 Å². The maximum absolute atomic E-state index is 11.4. The van der Waals surface area contributed by atoms with Crippen LogP contribution in [0.25, 0.3) is 33.5 Å². The second kappa shape index (κ2) is 6.07. The summed E-state index contributed by atoms with van der Waals surface area (Å²) in [5.74, 6) is -0.440. The van der Waals surface area contributed by atoms with E-state index in [9.17, 15) is 9.90 Å². The van der Waals surface area contributed by atoms with Crippen LogP contribution in [0.4, 0.5) is 0 Å². The Kier molecular flexibility index (Phi) is 3.75. The van der Waals surface area contributed by atoms with Crippen LogP contribution in [-0.4, -0.2) is 21.0 Å². The molecule has 0 fully saturated rings. The van der Waals surface area contributed by atoms with E-state index < -0.39 is 5.97 Å². The topological polar surface area (TPSA) is 66.0 Å². The fraction of sp³-hybridized carbons (Fsp3) is 0. The summed E-state index contributed by atoms with van der Waals surface area (Å²) in [5.41, 5.74) is 4.22. The molecule has 122 valence electrons. The maximum atomic E-state index is 11.4. The van der Waals surface area contributed by atoms with Crippen molar-refractivity contribution in [3.05, 3.63) is 77.3 Å². The average Bonchev–Trinajstić information content (AvgIpc) is 3.05. The minimum Gasteiger partial charge on any atom is -0.478 e. The van der Waals surface area contributed by atoms with Crippen molar-refractivity contribution in [3.8, 4) is 22.5 Å². The highest BCUT2D eigenvalue weighted by atomic mass is 35.5. The summed E-state index contributed by atoms with van der Waals surface area (Å²) < 4.78 is 0. The number of hydrogen-bond acceptors (Lipinski definition) is 2. The second-order valence-electron chi connectivity index (χ2n) is 5.68. The molecule has 1 aromatic heterocycles. The smallest absolute Gasteiger partial charge is 0.338 e. The van der Waals surface area contributed by atoms with Crippen LogP contribution < -0.4 is 0 Å². The molecule has 0 aliphatic rings. The van der Waals surface area contributed by atoms with Gasteiger partial charge in [0.15, 0.2) is 0 Å². The summed E-state index contributed by atoms with van der Waals surface area (Å²) >= 11 is 6.00. The summed E-state index contributed by atoms with van der Waals surface area (Å²) in [6.45, 7) is 0. The van der Waals surface area contributed by atoms with Crippen molar-refractivity contribution in [2.75, 3.05) is 0 Å². The Hall–Kier alpha value is -3.11. The van der Waals surface area contributed by atoms with Gasteiger partial charge >= 0.3 is 5.97 Å². The van der Waals surface area contributed by atoms with Crippen molar-refractivity contribution < 1.29 is 9.90 Å². The van der Waals surface area contributed by atoms with E-state index in [2.05, 4.69) is 22.1 Å². The van der Waals surface area contributed by atoms with E-state index >= 15 is 0 Å². The molecule has 5 heteroatoms. The van der Waals surface area contributed by atoms with Gasteiger partial charge in [-0.3, -0.25) is 0 Å². The highest BCUT2D eigenvalue weighted by Gasteiger charge is 2.15. The molecule has 2 N–H and O–H groups in total. The van der Waals surface area contributed by atoms with Crippen LogP contribution in [0.15, 0.2) is 66.7 Å². The normalized spacial score (nSPS) is 10.9. The van der Waals surface area contributed by atoms with Crippen molar-refractivity contribution >= 4 is 28.6 Å². The third-order valence-corrected chi connectivity index (χ3v) is 4.27. The first-order valence-corrected chi connectivity index (χ1v) is 8.08. The lowest BCUT2D eigenvalue weighted by atomic mass is 10.0. The van der Waals surface area contributed by atoms with Gasteiger partial charge in [0.05, 0.1) is 11.1 Å². The number of nitrogens with zero attached hydrogens (tertiary/aromatic N) is 1. The number of aromatic carboxylic acids is 1. The lowest BCUT2D eigenvalue weighted by Crippen LogP contribution is -1.97. The van der Waals surface area contributed by atoms with E-state index in [0.717, 1.165) is 16.7 Å². The quantitative estimate of drug-likeness (QED) is 0.531. The van der Waals surface area contributed by atoms with E-state index in [-0.39, 0.29) is 5.56 Å². The number of rotatable bonds is 3. The van der Waals surface area contributed by atoms with Gasteiger partial charge in [-0.25, -0.2) is 9.78 Å². The Balaban J connectivity index is 1.77. The zero-order valence-electron chi connectivity index (χ0n) is 13.0. The molecule has 4 aromatic rings. The van der Waals surface area contributed by atoms with E-state index in [1.807, 2.05) is 42.5 Å². The van der Waals surface area contributed by atoms with Crippen LogP contribution in [0.5, 0.6) is 0 Å². The molecular weight excluding hydrogens is 336 g/mol. The van der Waals surface area contributed by atoms with Gasteiger partial charge in [-0.2, -0.15) is 0 Å². The van der Waals surface area contributed by atoms with Gasteiger partial charge < -0.3 is 10.1 Å². The predicted octanol–water partition coefficient (Wildman–Crippen LogP) is 5.25. The summed E-state index contributed by atoms with van der Waals surface area (Å²) in [5, 5.41) is 9.70. The predicted molar refractivity (Wildman–Crippen MR) is 98.9 cm³/mol. The molecule has 1 heterocycles. The van der Waals surface area contributed by atoms with E-state index in [0.29, 0.717) is 21.9 Å². The number of carbonyl (C=O) groups is 1. The van der Waals surface area contributed by atoms with Gasteiger partial charge in [0, 0.05) is 10.6 Å². The van der Waals surface area contributed by atoms with Crippen LogP contribution in [0.3, 0.4) is 0 Å². The summed E-state index contributed by atoms with van der Waals surface area (Å²) in [6, 6.07) is 21.1. The van der Waals surface area contributed by atoms with Crippen LogP contribution in [-0.2, 0) is 0 Å². The van der Waals surface area contributed by atoms with Gasteiger partial charge in [0.25, 0.3) is 0 Å². The van der Waals surface area contributed by atoms with Crippen molar-refractivity contribution in [1.82, 2.24) is 9.97 Å². The number of imidazole rings is 1. The molecule has 3 aromatic carbocycles. The highest BCUT2D eigenvalue weighted by molar-refractivity contribution is 6.31. The molecule has 0 bridgehead atoms. The van der Waals surface area contributed by atoms with Crippen molar-refractivity contribution in [2.24, 2.45) is 0 Å². The van der Waals surface area contributed by atoms with Gasteiger partial charge in [0.2, 0.25) is 0 Å². The third-order valence-electron chi connectivity index (χ3n) is 4.05. The van der Waals surface area contributed by atoms with E-state index in [1.165, 1.54) is 6.07 Å². The van der Waals surface area contributed by atoms with Gasteiger partial charge in [0.1, 0.15) is 11.3 Å². The number of halogens is 1. The molecule has 0 aliphatic heterocycles. The van der Waals surface area contributed by atoms with E-state index in [1.54, 1.807) is 6.07 Å². The summed E-state index contributed by atoms with van der Waals surface area (Å²) in [6.07, 6.45) is 0. The number of carboxylic acids is 1. The molecule has 4 rings (SSSR count). The van der Waals surface area contributed by atoms with Crippen molar-refractivity contribution in [3.63, 3.8) is 0 Å². The number of aromatic amines is 1. The molecular formula is C20H13ClN2O2. The lowest BCUT2D eigenvalue weighted by Gasteiger charge is -2.02. The van der Waals surface area contributed by atoms with Crippen molar-refractivity contribution in [2.45, 2.75) is 0 Å². The number of aromatic nitrogens is 2. The summed E-state index contributed by atoms with van der Waals surface area (Å²) in [7, 11) is 0. The number of carboxylic acid groups (broad SMARTS) is 1. The third kappa shape index (κ3) is 2.88. The molecule has 25 heavy (non-hydrogen) atoms. The molecule has 0 radical (unpaired) electrons. The largest absolute Gasteiger partial charge is 0.478 e. The highest BCUT2D eigenvalue weighted by Crippen LogP contribution is 2.28. The zero-order valence-corrected chi connectivity index (χ0v) is 13.8. The van der Waals surface area contributed by atoms with Crippen LogP contribution in [0.1, 0.15) is 10.4 Å².